The minimum Gasteiger partial charge on any atom is -0.312 e. The Kier molecular flexibility index (Phi) is 3.48. The molecule has 1 heterocycles. The molecule has 0 atom stereocenters. The summed E-state index contributed by atoms with van der Waals surface area (Å²) in [5.41, 5.74) is 4.96. The summed E-state index contributed by atoms with van der Waals surface area (Å²) >= 11 is 5.35. The van der Waals surface area contributed by atoms with Crippen LogP contribution in [0.25, 0.3) is 10.8 Å². The van der Waals surface area contributed by atoms with Crippen molar-refractivity contribution in [1.82, 2.24) is 5.43 Å². The molecule has 3 nitrogen and oxygen atoms in total. The normalized spacial score (nSPS) is 15.6. The van der Waals surface area contributed by atoms with E-state index in [1.807, 2.05) is 31.2 Å². The summed E-state index contributed by atoms with van der Waals surface area (Å²) in [7, 11) is 0. The monoisotopic (exact) mass is 281 g/mol. The number of thiocarbonyl (C=S) groups is 1. The summed E-state index contributed by atoms with van der Waals surface area (Å²) in [4.78, 5) is 2.06. The summed E-state index contributed by atoms with van der Waals surface area (Å²) in [5, 5.41) is 7.31. The van der Waals surface area contributed by atoms with Gasteiger partial charge in [-0.2, -0.15) is 5.10 Å². The molecule has 2 aromatic carbocycles. The summed E-state index contributed by atoms with van der Waals surface area (Å²) in [6.07, 6.45) is 3.97. The molecule has 0 aromatic heterocycles. The summed E-state index contributed by atoms with van der Waals surface area (Å²) in [5.74, 6) is 0. The van der Waals surface area contributed by atoms with E-state index in [9.17, 15) is 0 Å². The van der Waals surface area contributed by atoms with E-state index < -0.39 is 0 Å². The van der Waals surface area contributed by atoms with Crippen LogP contribution in [0.3, 0.4) is 0 Å². The highest BCUT2D eigenvalue weighted by atomic mass is 32.1. The lowest BCUT2D eigenvalue weighted by Crippen LogP contribution is -2.45. The zero-order valence-electron chi connectivity index (χ0n) is 11.2. The molecule has 0 spiro atoms. The summed E-state index contributed by atoms with van der Waals surface area (Å²) in [6.45, 7) is 2.67. The minimum atomic E-state index is 0.633. The van der Waals surface area contributed by atoms with E-state index in [1.54, 1.807) is 0 Å². The third-order valence-electron chi connectivity index (χ3n) is 3.26. The van der Waals surface area contributed by atoms with Gasteiger partial charge in [0.05, 0.1) is 12.3 Å². The second-order valence-electron chi connectivity index (χ2n) is 4.64. The van der Waals surface area contributed by atoms with E-state index in [4.69, 9.17) is 12.2 Å². The van der Waals surface area contributed by atoms with Crippen molar-refractivity contribution in [1.29, 1.82) is 0 Å². The zero-order valence-corrected chi connectivity index (χ0v) is 12.0. The van der Waals surface area contributed by atoms with Crippen molar-refractivity contribution in [2.75, 3.05) is 11.4 Å². The fraction of sp³-hybridized carbons (Fsp3) is 0.125. The molecule has 0 radical (unpaired) electrons. The van der Waals surface area contributed by atoms with Crippen molar-refractivity contribution < 1.29 is 0 Å². The molecule has 0 fully saturated rings. The van der Waals surface area contributed by atoms with Gasteiger partial charge in [0.25, 0.3) is 0 Å². The van der Waals surface area contributed by atoms with Crippen LogP contribution in [0.1, 0.15) is 6.92 Å². The van der Waals surface area contributed by atoms with Crippen LogP contribution in [0.15, 0.2) is 59.7 Å². The molecule has 0 saturated carbocycles. The average Bonchev–Trinajstić information content (AvgIpc) is 2.49. The van der Waals surface area contributed by atoms with Crippen molar-refractivity contribution >= 4 is 39.5 Å². The quantitative estimate of drug-likeness (QED) is 0.854. The van der Waals surface area contributed by atoms with E-state index in [1.165, 1.54) is 10.8 Å². The third-order valence-corrected chi connectivity index (χ3v) is 3.58. The molecule has 0 saturated heterocycles. The van der Waals surface area contributed by atoms with Crippen LogP contribution in [-0.2, 0) is 0 Å². The molecular weight excluding hydrogens is 266 g/mol. The highest BCUT2D eigenvalue weighted by Gasteiger charge is 2.18. The summed E-state index contributed by atoms with van der Waals surface area (Å²) < 4.78 is 0. The molecular formula is C16H15N3S. The zero-order chi connectivity index (χ0) is 13.9. The predicted octanol–water partition coefficient (Wildman–Crippen LogP) is 3.47. The van der Waals surface area contributed by atoms with Gasteiger partial charge in [-0.15, -0.1) is 0 Å². The van der Waals surface area contributed by atoms with Gasteiger partial charge in [-0.05, 0) is 48.1 Å². The molecule has 100 valence electrons. The molecule has 1 N–H and O–H groups in total. The van der Waals surface area contributed by atoms with Gasteiger partial charge in [-0.3, -0.25) is 5.43 Å². The number of fused-ring (bicyclic) bond motifs is 1. The van der Waals surface area contributed by atoms with Crippen LogP contribution in [-0.4, -0.2) is 17.4 Å². The summed E-state index contributed by atoms with van der Waals surface area (Å²) in [6, 6.07) is 14.7. The number of nitrogens with one attached hydrogen (secondary N) is 1. The van der Waals surface area contributed by atoms with Crippen molar-refractivity contribution in [3.63, 3.8) is 0 Å². The number of allylic oxidation sites excluding steroid dienone is 1. The highest BCUT2D eigenvalue weighted by molar-refractivity contribution is 7.80. The molecule has 0 unspecified atom stereocenters. The lowest BCUT2D eigenvalue weighted by molar-refractivity contribution is 0.947. The Morgan fingerprint density at radius 3 is 2.80 bits per heavy atom. The van der Waals surface area contributed by atoms with E-state index in [0.29, 0.717) is 11.7 Å². The first-order valence-corrected chi connectivity index (χ1v) is 6.94. The lowest BCUT2D eigenvalue weighted by atomic mass is 10.1. The van der Waals surface area contributed by atoms with Gasteiger partial charge in [0.2, 0.25) is 0 Å². The van der Waals surface area contributed by atoms with Crippen LogP contribution in [0.2, 0.25) is 0 Å². The standard InChI is InChI=1S/C16H15N3S/c1-2-5-14-11-19(16(20)18-17-14)15-9-8-12-6-3-4-7-13(12)10-15/h2-10H,11H2,1H3,(H,18,20)/b5-2+. The van der Waals surface area contributed by atoms with E-state index in [2.05, 4.69) is 45.8 Å². The van der Waals surface area contributed by atoms with E-state index >= 15 is 0 Å². The van der Waals surface area contributed by atoms with Gasteiger partial charge in [0, 0.05) is 5.69 Å². The van der Waals surface area contributed by atoms with Crippen LogP contribution >= 0.6 is 12.2 Å². The topological polar surface area (TPSA) is 27.6 Å². The third kappa shape index (κ3) is 2.42. The Bertz CT molecular complexity index is 718. The van der Waals surface area contributed by atoms with Gasteiger partial charge < -0.3 is 4.90 Å². The second-order valence-corrected chi connectivity index (χ2v) is 5.02. The average molecular weight is 281 g/mol. The molecule has 1 aliphatic rings. The van der Waals surface area contributed by atoms with E-state index in [-0.39, 0.29) is 0 Å². The first kappa shape index (κ1) is 12.8. The number of hydrazone groups is 1. The van der Waals surface area contributed by atoms with Crippen LogP contribution in [0, 0.1) is 0 Å². The van der Waals surface area contributed by atoms with E-state index in [0.717, 1.165) is 11.4 Å². The van der Waals surface area contributed by atoms with Gasteiger partial charge in [0.15, 0.2) is 5.11 Å². The smallest absolute Gasteiger partial charge is 0.194 e. The van der Waals surface area contributed by atoms with Crippen molar-refractivity contribution in [3.8, 4) is 0 Å². The Balaban J connectivity index is 1.97. The van der Waals surface area contributed by atoms with Crippen LogP contribution in [0.5, 0.6) is 0 Å². The largest absolute Gasteiger partial charge is 0.312 e. The maximum absolute atomic E-state index is 5.35. The van der Waals surface area contributed by atoms with Gasteiger partial charge in [-0.25, -0.2) is 0 Å². The maximum Gasteiger partial charge on any atom is 0.194 e. The predicted molar refractivity (Wildman–Crippen MR) is 89.3 cm³/mol. The van der Waals surface area contributed by atoms with Crippen molar-refractivity contribution in [2.45, 2.75) is 6.92 Å². The fourth-order valence-corrected chi connectivity index (χ4v) is 2.50. The SMILES string of the molecule is C/C=C/C1=NNC(=S)N(c2ccc3ccccc3c2)C1. The highest BCUT2D eigenvalue weighted by Crippen LogP contribution is 2.23. The number of hydrogen-bond donors (Lipinski definition) is 1. The Labute approximate surface area is 123 Å². The molecule has 0 amide bonds. The fourth-order valence-electron chi connectivity index (χ4n) is 2.28. The number of anilines is 1. The van der Waals surface area contributed by atoms with Gasteiger partial charge >= 0.3 is 0 Å². The molecule has 0 aliphatic carbocycles. The lowest BCUT2D eigenvalue weighted by Gasteiger charge is -2.28. The number of benzene rings is 2. The van der Waals surface area contributed by atoms with Crippen LogP contribution in [0.4, 0.5) is 5.69 Å². The Hall–Kier alpha value is -2.20. The molecule has 1 aliphatic heterocycles. The van der Waals surface area contributed by atoms with Crippen molar-refractivity contribution in [2.24, 2.45) is 5.10 Å². The Morgan fingerprint density at radius 1 is 1.20 bits per heavy atom. The molecule has 4 heteroatoms. The maximum atomic E-state index is 5.35. The van der Waals surface area contributed by atoms with Crippen molar-refractivity contribution in [3.05, 3.63) is 54.6 Å². The number of rotatable bonds is 2. The minimum absolute atomic E-state index is 0.633. The first-order chi connectivity index (χ1) is 9.78. The second kappa shape index (κ2) is 5.43. The van der Waals surface area contributed by atoms with Gasteiger partial charge in [-0.1, -0.05) is 36.4 Å². The molecule has 20 heavy (non-hydrogen) atoms. The molecule has 2 aromatic rings. The van der Waals surface area contributed by atoms with Crippen LogP contribution < -0.4 is 10.3 Å². The number of nitrogens with zero attached hydrogens (tertiary/aromatic N) is 2. The van der Waals surface area contributed by atoms with Gasteiger partial charge in [0.1, 0.15) is 0 Å². The number of hydrogen-bond acceptors (Lipinski definition) is 2. The first-order valence-electron chi connectivity index (χ1n) is 6.53. The molecule has 3 rings (SSSR count). The Morgan fingerprint density at radius 2 is 2.00 bits per heavy atom. The molecule has 0 bridgehead atoms.